The van der Waals surface area contributed by atoms with Crippen LogP contribution in [-0.4, -0.2) is 35.1 Å². The molecule has 0 fully saturated rings. The van der Waals surface area contributed by atoms with E-state index < -0.39 is 31.2 Å². The maximum atomic E-state index is 13.0. The molecule has 0 aliphatic rings. The Balaban J connectivity index is 2.13. The number of rotatable bonds is 7. The van der Waals surface area contributed by atoms with Crippen LogP contribution in [0, 0.1) is 0 Å². The Morgan fingerprint density at radius 1 is 1.36 bits per heavy atom. The van der Waals surface area contributed by atoms with Crippen molar-refractivity contribution in [2.24, 2.45) is 5.73 Å². The molecule has 0 saturated carbocycles. The third-order valence-corrected chi connectivity index (χ3v) is 4.77. The summed E-state index contributed by atoms with van der Waals surface area (Å²) in [6.45, 7) is 0.654. The van der Waals surface area contributed by atoms with E-state index in [9.17, 15) is 23.1 Å². The quantitative estimate of drug-likeness (QED) is 0.696. The summed E-state index contributed by atoms with van der Waals surface area (Å²) in [5, 5.41) is 12.7. The van der Waals surface area contributed by atoms with Gasteiger partial charge in [-0.2, -0.15) is 8.78 Å². The van der Waals surface area contributed by atoms with E-state index in [4.69, 9.17) is 5.73 Å². The second-order valence-electron chi connectivity index (χ2n) is 5.49. The summed E-state index contributed by atoms with van der Waals surface area (Å²) in [5.74, 6) is -1.62. The van der Waals surface area contributed by atoms with Crippen molar-refractivity contribution in [3.63, 3.8) is 0 Å². The Bertz CT molecular complexity index is 707. The first-order valence-corrected chi connectivity index (χ1v) is 8.29. The van der Waals surface area contributed by atoms with Gasteiger partial charge in [0.05, 0.1) is 17.0 Å². The molecule has 1 heterocycles. The minimum atomic E-state index is -3.27. The number of carbonyl (C=O) groups is 1. The zero-order valence-electron chi connectivity index (χ0n) is 13.3. The summed E-state index contributed by atoms with van der Waals surface area (Å²) in [6.07, 6.45) is -3.03. The number of nitrogens with two attached hydrogens (primary N) is 1. The lowest BCUT2D eigenvalue weighted by atomic mass is 10.0. The highest BCUT2D eigenvalue weighted by Crippen LogP contribution is 2.29. The van der Waals surface area contributed by atoms with Gasteiger partial charge in [-0.05, 0) is 18.1 Å². The predicted octanol–water partition coefficient (Wildman–Crippen LogP) is 2.58. The largest absolute Gasteiger partial charge is 0.386 e. The summed E-state index contributed by atoms with van der Waals surface area (Å²) in [5.41, 5.74) is 6.90. The minimum absolute atomic E-state index is 0.177. The molecule has 2 rings (SSSR count). The van der Waals surface area contributed by atoms with Gasteiger partial charge in [0.15, 0.2) is 0 Å². The van der Waals surface area contributed by atoms with Gasteiger partial charge in [-0.15, -0.1) is 11.3 Å². The van der Waals surface area contributed by atoms with Crippen LogP contribution in [0.4, 0.5) is 13.2 Å². The predicted molar refractivity (Wildman–Crippen MR) is 89.0 cm³/mol. The van der Waals surface area contributed by atoms with Crippen molar-refractivity contribution < 1.29 is 23.1 Å². The number of halogens is 3. The topological polar surface area (TPSA) is 88.2 Å². The summed E-state index contributed by atoms with van der Waals surface area (Å²) in [7, 11) is 0. The first-order chi connectivity index (χ1) is 11.8. The van der Waals surface area contributed by atoms with Crippen LogP contribution in [0.1, 0.15) is 29.6 Å². The van der Waals surface area contributed by atoms with Gasteiger partial charge in [-0.3, -0.25) is 4.79 Å². The zero-order valence-corrected chi connectivity index (χ0v) is 14.1. The molecule has 0 bridgehead atoms. The molecule has 2 aromatic rings. The lowest BCUT2D eigenvalue weighted by Gasteiger charge is -2.21. The third-order valence-electron chi connectivity index (χ3n) is 3.52. The van der Waals surface area contributed by atoms with Gasteiger partial charge in [0.2, 0.25) is 0 Å². The number of thiazole rings is 1. The van der Waals surface area contributed by atoms with Crippen LogP contribution < -0.4 is 11.1 Å². The lowest BCUT2D eigenvalue weighted by molar-refractivity contribution is -0.133. The molecule has 0 saturated heterocycles. The van der Waals surface area contributed by atoms with E-state index in [0.29, 0.717) is 5.56 Å². The molecule has 1 aromatic heterocycles. The van der Waals surface area contributed by atoms with Crippen LogP contribution in [0.5, 0.6) is 0 Å². The van der Waals surface area contributed by atoms with Crippen molar-refractivity contribution in [3.05, 3.63) is 41.0 Å². The summed E-state index contributed by atoms with van der Waals surface area (Å²) >= 11 is 1.43. The standard InChI is InChI=1S/C16H18F3N3O2S/c1-8(20)16-21-7-12(25-16)9-2-4-10(5-3-9)13(23)11(6-17)22-15(24)14(18)19/h2-5,7-8,11,13-14,23H,6,20H2,1H3,(H,22,24)/t8?,11-,13-/m1/s1. The second kappa shape index (κ2) is 8.41. The fourth-order valence-electron chi connectivity index (χ4n) is 2.16. The second-order valence-corrected chi connectivity index (χ2v) is 6.55. The van der Waals surface area contributed by atoms with Crippen molar-refractivity contribution in [1.82, 2.24) is 10.3 Å². The Labute approximate surface area is 146 Å². The number of aromatic nitrogens is 1. The molecule has 25 heavy (non-hydrogen) atoms. The summed E-state index contributed by atoms with van der Waals surface area (Å²) in [4.78, 5) is 16.1. The molecule has 5 nitrogen and oxygen atoms in total. The van der Waals surface area contributed by atoms with Gasteiger partial charge in [-0.25, -0.2) is 9.37 Å². The van der Waals surface area contributed by atoms with E-state index in [1.165, 1.54) is 11.3 Å². The van der Waals surface area contributed by atoms with Gasteiger partial charge in [-0.1, -0.05) is 24.3 Å². The molecule has 1 aromatic carbocycles. The fraction of sp³-hybridized carbons (Fsp3) is 0.375. The monoisotopic (exact) mass is 373 g/mol. The summed E-state index contributed by atoms with van der Waals surface area (Å²) in [6, 6.07) is 4.86. The Kier molecular flexibility index (Phi) is 6.51. The number of hydrogen-bond acceptors (Lipinski definition) is 5. The maximum absolute atomic E-state index is 13.0. The van der Waals surface area contributed by atoms with Crippen LogP contribution >= 0.6 is 11.3 Å². The highest BCUT2D eigenvalue weighted by molar-refractivity contribution is 7.15. The Hall–Kier alpha value is -1.97. The Morgan fingerprint density at radius 3 is 2.48 bits per heavy atom. The van der Waals surface area contributed by atoms with Gasteiger partial charge in [0.1, 0.15) is 17.8 Å². The van der Waals surface area contributed by atoms with Crippen molar-refractivity contribution in [2.75, 3.05) is 6.67 Å². The molecule has 1 amide bonds. The summed E-state index contributed by atoms with van der Waals surface area (Å²) < 4.78 is 37.5. The van der Waals surface area contributed by atoms with E-state index in [2.05, 4.69) is 4.98 Å². The number of benzene rings is 1. The average molecular weight is 373 g/mol. The number of carbonyl (C=O) groups excluding carboxylic acids is 1. The van der Waals surface area contributed by atoms with Crippen molar-refractivity contribution in [2.45, 2.75) is 31.5 Å². The number of nitrogens with zero attached hydrogens (tertiary/aromatic N) is 1. The van der Waals surface area contributed by atoms with E-state index in [0.717, 1.165) is 15.4 Å². The van der Waals surface area contributed by atoms with Crippen LogP contribution in [0.3, 0.4) is 0 Å². The Morgan fingerprint density at radius 2 is 2.00 bits per heavy atom. The third kappa shape index (κ3) is 4.77. The number of aliphatic hydroxyl groups is 1. The van der Waals surface area contributed by atoms with Crippen LogP contribution in [0.15, 0.2) is 30.5 Å². The molecular weight excluding hydrogens is 355 g/mol. The highest BCUT2D eigenvalue weighted by Gasteiger charge is 2.26. The normalized spacial score (nSPS) is 15.0. The first-order valence-electron chi connectivity index (χ1n) is 7.47. The smallest absolute Gasteiger partial charge is 0.315 e. The molecular formula is C16H18F3N3O2S. The molecule has 9 heteroatoms. The SMILES string of the molecule is CC(N)c1ncc(-c2ccc([C@@H](O)[C@@H](CF)NC(=O)C(F)F)cc2)s1. The lowest BCUT2D eigenvalue weighted by Crippen LogP contribution is -2.43. The van der Waals surface area contributed by atoms with Crippen molar-refractivity contribution in [3.8, 4) is 10.4 Å². The molecule has 4 N–H and O–H groups in total. The zero-order chi connectivity index (χ0) is 18.6. The molecule has 0 spiro atoms. The van der Waals surface area contributed by atoms with Gasteiger partial charge in [0.25, 0.3) is 5.91 Å². The first kappa shape index (κ1) is 19.4. The number of aliphatic hydroxyl groups excluding tert-OH is 1. The molecule has 3 atom stereocenters. The van der Waals surface area contributed by atoms with Gasteiger partial charge >= 0.3 is 6.43 Å². The maximum Gasteiger partial charge on any atom is 0.315 e. The molecule has 0 radical (unpaired) electrons. The number of hydrogen-bond donors (Lipinski definition) is 3. The van der Waals surface area contributed by atoms with E-state index in [1.54, 1.807) is 35.8 Å². The molecule has 0 aliphatic carbocycles. The molecule has 0 aliphatic heterocycles. The fourth-order valence-corrected chi connectivity index (χ4v) is 3.03. The van der Waals surface area contributed by atoms with Crippen LogP contribution in [-0.2, 0) is 4.79 Å². The van der Waals surface area contributed by atoms with Crippen molar-refractivity contribution in [1.29, 1.82) is 0 Å². The minimum Gasteiger partial charge on any atom is -0.386 e. The van der Waals surface area contributed by atoms with Crippen molar-refractivity contribution >= 4 is 17.2 Å². The van der Waals surface area contributed by atoms with E-state index in [-0.39, 0.29) is 6.04 Å². The van der Waals surface area contributed by atoms with Crippen LogP contribution in [0.2, 0.25) is 0 Å². The highest BCUT2D eigenvalue weighted by atomic mass is 32.1. The van der Waals surface area contributed by atoms with E-state index >= 15 is 0 Å². The van der Waals surface area contributed by atoms with Gasteiger partial charge in [0, 0.05) is 6.20 Å². The number of alkyl halides is 3. The number of nitrogens with one attached hydrogen (secondary N) is 1. The number of amides is 1. The average Bonchev–Trinajstić information content (AvgIpc) is 3.09. The van der Waals surface area contributed by atoms with Gasteiger partial charge < -0.3 is 16.2 Å². The van der Waals surface area contributed by atoms with Crippen LogP contribution in [0.25, 0.3) is 10.4 Å². The molecule has 136 valence electrons. The van der Waals surface area contributed by atoms with E-state index in [1.807, 2.05) is 6.92 Å². The molecule has 1 unspecified atom stereocenters.